The molecule has 3 rings (SSSR count). The van der Waals surface area contributed by atoms with Gasteiger partial charge < -0.3 is 14.4 Å². The highest BCUT2D eigenvalue weighted by atomic mass is 16.4. The zero-order valence-corrected chi connectivity index (χ0v) is 12.5. The van der Waals surface area contributed by atoms with Crippen LogP contribution in [0.3, 0.4) is 0 Å². The van der Waals surface area contributed by atoms with Crippen molar-refractivity contribution >= 4 is 5.91 Å². The van der Waals surface area contributed by atoms with Crippen molar-refractivity contribution in [1.29, 1.82) is 0 Å². The lowest BCUT2D eigenvalue weighted by Crippen LogP contribution is -2.29. The lowest BCUT2D eigenvalue weighted by atomic mass is 10.1. The molecule has 0 radical (unpaired) electrons. The summed E-state index contributed by atoms with van der Waals surface area (Å²) in [7, 11) is 0. The number of hydrogen-bond donors (Lipinski definition) is 1. The number of amides is 1. The van der Waals surface area contributed by atoms with Gasteiger partial charge in [-0.3, -0.25) is 4.79 Å². The molecule has 0 spiro atoms. The van der Waals surface area contributed by atoms with Crippen molar-refractivity contribution in [2.75, 3.05) is 13.1 Å². The molecule has 0 saturated carbocycles. The molecule has 1 aromatic carbocycles. The molecule has 1 atom stereocenters. The van der Waals surface area contributed by atoms with Gasteiger partial charge in [0, 0.05) is 31.5 Å². The number of likely N-dealkylation sites (tertiary alicyclic amines) is 1. The summed E-state index contributed by atoms with van der Waals surface area (Å²) < 4.78 is 5.60. The summed E-state index contributed by atoms with van der Waals surface area (Å²) in [6.45, 7) is 3.07. The molecular formula is C16H19N3O3. The molecule has 116 valence electrons. The fourth-order valence-corrected chi connectivity index (χ4v) is 2.51. The molecule has 2 heterocycles. The number of aliphatic hydroxyl groups is 1. The van der Waals surface area contributed by atoms with Crippen molar-refractivity contribution in [2.24, 2.45) is 0 Å². The number of nitrogens with zero attached hydrogens (tertiary/aromatic N) is 3. The van der Waals surface area contributed by atoms with Crippen LogP contribution in [-0.2, 0) is 11.2 Å². The highest BCUT2D eigenvalue weighted by molar-refractivity contribution is 5.76. The van der Waals surface area contributed by atoms with Gasteiger partial charge in [-0.05, 0) is 25.5 Å². The Bertz CT molecular complexity index is 651. The van der Waals surface area contributed by atoms with Crippen LogP contribution in [0, 0.1) is 6.92 Å². The molecule has 22 heavy (non-hydrogen) atoms. The van der Waals surface area contributed by atoms with Crippen molar-refractivity contribution in [3.8, 4) is 11.5 Å². The maximum atomic E-state index is 12.0. The highest BCUT2D eigenvalue weighted by Gasteiger charge is 2.24. The highest BCUT2D eigenvalue weighted by Crippen LogP contribution is 2.19. The number of aliphatic hydroxyl groups excluding tert-OH is 1. The minimum atomic E-state index is -0.388. The Kier molecular flexibility index (Phi) is 4.20. The van der Waals surface area contributed by atoms with E-state index in [2.05, 4.69) is 10.2 Å². The van der Waals surface area contributed by atoms with Crippen molar-refractivity contribution in [2.45, 2.75) is 32.3 Å². The van der Waals surface area contributed by atoms with Crippen LogP contribution in [0.5, 0.6) is 0 Å². The third kappa shape index (κ3) is 3.33. The summed E-state index contributed by atoms with van der Waals surface area (Å²) in [6.07, 6.45) is 1.01. The Morgan fingerprint density at radius 3 is 2.82 bits per heavy atom. The van der Waals surface area contributed by atoms with Crippen LogP contribution in [0.2, 0.25) is 0 Å². The maximum absolute atomic E-state index is 12.0. The van der Waals surface area contributed by atoms with E-state index in [1.54, 1.807) is 4.90 Å². The van der Waals surface area contributed by atoms with Crippen LogP contribution in [0.15, 0.2) is 28.7 Å². The Hall–Kier alpha value is -2.21. The molecular weight excluding hydrogens is 282 g/mol. The predicted molar refractivity (Wildman–Crippen MR) is 80.0 cm³/mol. The van der Waals surface area contributed by atoms with E-state index in [1.807, 2.05) is 31.2 Å². The number of aromatic nitrogens is 2. The minimum Gasteiger partial charge on any atom is -0.421 e. The summed E-state index contributed by atoms with van der Waals surface area (Å²) in [5.74, 6) is 0.953. The molecule has 1 amide bonds. The second-order valence-corrected chi connectivity index (χ2v) is 5.65. The Labute approximate surface area is 128 Å². The molecule has 1 aromatic heterocycles. The fourth-order valence-electron chi connectivity index (χ4n) is 2.51. The maximum Gasteiger partial charge on any atom is 0.247 e. The van der Waals surface area contributed by atoms with Gasteiger partial charge in [0.1, 0.15) is 0 Å². The summed E-state index contributed by atoms with van der Waals surface area (Å²) in [5.41, 5.74) is 2.04. The van der Waals surface area contributed by atoms with Crippen LogP contribution < -0.4 is 0 Å². The topological polar surface area (TPSA) is 79.5 Å². The lowest BCUT2D eigenvalue weighted by Gasteiger charge is -2.14. The summed E-state index contributed by atoms with van der Waals surface area (Å²) >= 11 is 0. The van der Waals surface area contributed by atoms with Crippen LogP contribution >= 0.6 is 0 Å². The van der Waals surface area contributed by atoms with E-state index in [0.717, 1.165) is 5.56 Å². The average Bonchev–Trinajstić information content (AvgIpc) is 3.15. The number of hydrogen-bond acceptors (Lipinski definition) is 5. The number of carbonyl (C=O) groups excluding carboxylic acids is 1. The van der Waals surface area contributed by atoms with Gasteiger partial charge in [-0.2, -0.15) is 0 Å². The van der Waals surface area contributed by atoms with Crippen LogP contribution in [0.25, 0.3) is 11.5 Å². The van der Waals surface area contributed by atoms with Crippen molar-refractivity contribution < 1.29 is 14.3 Å². The number of β-amino-alcohol motifs (C(OH)–C–C–N with tert-alkyl or cyclic N) is 1. The lowest BCUT2D eigenvalue weighted by molar-refractivity contribution is -0.130. The first-order chi connectivity index (χ1) is 10.6. The average molecular weight is 301 g/mol. The fraction of sp³-hybridized carbons (Fsp3) is 0.438. The summed E-state index contributed by atoms with van der Waals surface area (Å²) in [6, 6.07) is 7.84. The Morgan fingerprint density at radius 1 is 1.36 bits per heavy atom. The molecule has 6 nitrogen and oxygen atoms in total. The third-order valence-electron chi connectivity index (χ3n) is 3.83. The van der Waals surface area contributed by atoms with E-state index in [4.69, 9.17) is 4.42 Å². The van der Waals surface area contributed by atoms with Crippen molar-refractivity contribution in [1.82, 2.24) is 15.1 Å². The number of carbonyl (C=O) groups is 1. The molecule has 0 bridgehead atoms. The van der Waals surface area contributed by atoms with Crippen LogP contribution in [-0.4, -0.2) is 45.3 Å². The minimum absolute atomic E-state index is 0.0200. The smallest absolute Gasteiger partial charge is 0.247 e. The largest absolute Gasteiger partial charge is 0.421 e. The normalized spacial score (nSPS) is 17.9. The standard InChI is InChI=1S/C16H19N3O3/c1-11-2-4-12(5-3-11)16-18-17-14(22-16)6-7-15(21)19-9-8-13(20)10-19/h2-5,13,20H,6-10H2,1H3/t13-/m1/s1. The van der Waals surface area contributed by atoms with E-state index in [0.29, 0.717) is 44.1 Å². The Morgan fingerprint density at radius 2 is 2.14 bits per heavy atom. The molecule has 0 unspecified atom stereocenters. The first-order valence-corrected chi connectivity index (χ1v) is 7.47. The number of benzene rings is 1. The molecule has 1 N–H and O–H groups in total. The van der Waals surface area contributed by atoms with E-state index >= 15 is 0 Å². The second-order valence-electron chi connectivity index (χ2n) is 5.65. The van der Waals surface area contributed by atoms with Gasteiger partial charge in [0.15, 0.2) is 0 Å². The van der Waals surface area contributed by atoms with Crippen molar-refractivity contribution in [3.05, 3.63) is 35.7 Å². The first kappa shape index (κ1) is 14.7. The second kappa shape index (κ2) is 6.27. The molecule has 0 aliphatic carbocycles. The quantitative estimate of drug-likeness (QED) is 0.927. The monoisotopic (exact) mass is 301 g/mol. The van der Waals surface area contributed by atoms with Crippen LogP contribution in [0.1, 0.15) is 24.3 Å². The van der Waals surface area contributed by atoms with Gasteiger partial charge in [-0.15, -0.1) is 10.2 Å². The van der Waals surface area contributed by atoms with E-state index in [1.165, 1.54) is 5.56 Å². The Balaban J connectivity index is 1.58. The van der Waals surface area contributed by atoms with E-state index in [-0.39, 0.29) is 12.0 Å². The van der Waals surface area contributed by atoms with Gasteiger partial charge in [-0.25, -0.2) is 0 Å². The van der Waals surface area contributed by atoms with E-state index in [9.17, 15) is 9.90 Å². The summed E-state index contributed by atoms with van der Waals surface area (Å²) in [5, 5.41) is 17.5. The first-order valence-electron chi connectivity index (χ1n) is 7.47. The van der Waals surface area contributed by atoms with E-state index < -0.39 is 0 Å². The summed E-state index contributed by atoms with van der Waals surface area (Å²) in [4.78, 5) is 13.7. The van der Waals surface area contributed by atoms with Crippen molar-refractivity contribution in [3.63, 3.8) is 0 Å². The van der Waals surface area contributed by atoms with Crippen LogP contribution in [0.4, 0.5) is 0 Å². The van der Waals surface area contributed by atoms with Gasteiger partial charge in [0.05, 0.1) is 6.10 Å². The zero-order valence-electron chi connectivity index (χ0n) is 12.5. The predicted octanol–water partition coefficient (Wildman–Crippen LogP) is 1.57. The van der Waals surface area contributed by atoms with Gasteiger partial charge >= 0.3 is 0 Å². The molecule has 1 fully saturated rings. The molecule has 2 aromatic rings. The number of aryl methyl sites for hydroxylation is 2. The number of rotatable bonds is 4. The third-order valence-corrected chi connectivity index (χ3v) is 3.83. The molecule has 1 aliphatic heterocycles. The van der Waals surface area contributed by atoms with Gasteiger partial charge in [0.2, 0.25) is 17.7 Å². The molecule has 1 aliphatic rings. The van der Waals surface area contributed by atoms with Gasteiger partial charge in [-0.1, -0.05) is 17.7 Å². The SMILES string of the molecule is Cc1ccc(-c2nnc(CCC(=O)N3CC[C@@H](O)C3)o2)cc1. The molecule has 1 saturated heterocycles. The molecule has 6 heteroatoms. The zero-order chi connectivity index (χ0) is 15.5. The van der Waals surface area contributed by atoms with Gasteiger partial charge in [0.25, 0.3) is 0 Å².